The van der Waals surface area contributed by atoms with Crippen molar-refractivity contribution >= 4 is 53.3 Å². The fraction of sp³-hybridized carbons (Fsp3) is 0.500. The molecule has 9 heavy (non-hydrogen) atoms. The molecule has 3 nitrogen and oxygen atoms in total. The Morgan fingerprint density at radius 3 is 2.11 bits per heavy atom. The Balaban J connectivity index is 0. The Bertz CT molecular complexity index is 100. The van der Waals surface area contributed by atoms with Crippen LogP contribution in [0.5, 0.6) is 0 Å². The van der Waals surface area contributed by atoms with Crippen molar-refractivity contribution in [1.29, 1.82) is 0 Å². The summed E-state index contributed by atoms with van der Waals surface area (Å²) in [5, 5.41) is -0.444. The van der Waals surface area contributed by atoms with Gasteiger partial charge in [0.1, 0.15) is 0 Å². The number of carbonyl (C=O) groups excluding carboxylic acids is 2. The van der Waals surface area contributed by atoms with E-state index in [9.17, 15) is 9.59 Å². The van der Waals surface area contributed by atoms with Crippen LogP contribution in [0.25, 0.3) is 0 Å². The summed E-state index contributed by atoms with van der Waals surface area (Å²) in [7, 11) is 0. The molecule has 0 N–H and O–H groups in total. The topological polar surface area (TPSA) is 43.4 Å². The average molecular weight is 158 g/mol. The molecule has 5 heteroatoms. The van der Waals surface area contributed by atoms with Crippen LogP contribution in [-0.2, 0) is 14.3 Å². The predicted molar refractivity (Wildman–Crippen MR) is 37.8 cm³/mol. The first kappa shape index (κ1) is 12.2. The van der Waals surface area contributed by atoms with Gasteiger partial charge in [-0.3, -0.25) is 9.59 Å². The molecule has 48 valence electrons. The van der Waals surface area contributed by atoms with E-state index in [4.69, 9.17) is 0 Å². The van der Waals surface area contributed by atoms with E-state index in [-0.39, 0.29) is 36.2 Å². The second-order valence-corrected chi connectivity index (χ2v) is 1.67. The van der Waals surface area contributed by atoms with Gasteiger partial charge in [0.2, 0.25) is 5.12 Å². The molecule has 0 bridgehead atoms. The van der Waals surface area contributed by atoms with Crippen molar-refractivity contribution in [2.45, 2.75) is 6.92 Å². The van der Waals surface area contributed by atoms with Crippen LogP contribution in [0.3, 0.4) is 0 Å². The van der Waals surface area contributed by atoms with Gasteiger partial charge in [0.25, 0.3) is 0 Å². The number of rotatable bonds is 2. The molecule has 0 aromatic carbocycles. The van der Waals surface area contributed by atoms with E-state index in [2.05, 4.69) is 17.4 Å². The maximum atomic E-state index is 9.94. The standard InChI is InChI=1S/C4H6O3S.Na.H/c1-3(5)7-2-4(6)8;;/h2H2,1H3,(H,6,8);;. The minimum atomic E-state index is -0.465. The van der Waals surface area contributed by atoms with E-state index in [0.717, 1.165) is 0 Å². The SMILES string of the molecule is CC(=O)OCC(=O)S.[NaH]. The number of hydrogen-bond donors (Lipinski definition) is 1. The molecule has 0 aliphatic carbocycles. The number of hydrogen-bond acceptors (Lipinski definition) is 3. The first-order valence-corrected chi connectivity index (χ1v) is 2.43. The number of thiol groups is 1. The molecule has 0 heterocycles. The van der Waals surface area contributed by atoms with E-state index in [0.29, 0.717) is 0 Å². The molecule has 0 aromatic rings. The quantitative estimate of drug-likeness (QED) is 0.330. The van der Waals surface area contributed by atoms with Crippen LogP contribution >= 0.6 is 12.6 Å². The third kappa shape index (κ3) is 11.9. The summed E-state index contributed by atoms with van der Waals surface area (Å²) in [4.78, 5) is 19.9. The molecule has 0 saturated heterocycles. The number of carbonyl (C=O) groups is 2. The second kappa shape index (κ2) is 6.61. The number of esters is 1. The second-order valence-electron chi connectivity index (χ2n) is 1.17. The van der Waals surface area contributed by atoms with Crippen molar-refractivity contribution in [1.82, 2.24) is 0 Å². The Labute approximate surface area is 80.8 Å². The van der Waals surface area contributed by atoms with Gasteiger partial charge in [-0.2, -0.15) is 0 Å². The molecule has 0 rings (SSSR count). The van der Waals surface area contributed by atoms with Gasteiger partial charge in [-0.05, 0) is 0 Å². The molecule has 0 spiro atoms. The fourth-order valence-corrected chi connectivity index (χ4v) is 0.228. The molecule has 0 aliphatic rings. The van der Waals surface area contributed by atoms with E-state index in [1.807, 2.05) is 0 Å². The summed E-state index contributed by atoms with van der Waals surface area (Å²) in [6, 6.07) is 0. The van der Waals surface area contributed by atoms with E-state index in [1.54, 1.807) is 0 Å². The monoisotopic (exact) mass is 158 g/mol. The first-order valence-electron chi connectivity index (χ1n) is 1.98. The summed E-state index contributed by atoms with van der Waals surface area (Å²) < 4.78 is 4.24. The molecule has 0 aliphatic heterocycles. The van der Waals surface area contributed by atoms with Gasteiger partial charge in [-0.15, -0.1) is 12.6 Å². The molecule has 0 amide bonds. The van der Waals surface area contributed by atoms with Crippen LogP contribution in [-0.4, -0.2) is 47.2 Å². The molecule has 0 radical (unpaired) electrons. The summed E-state index contributed by atoms with van der Waals surface area (Å²) >= 11 is 3.36. The fourth-order valence-electron chi connectivity index (χ4n) is 0.163. The van der Waals surface area contributed by atoms with E-state index < -0.39 is 11.1 Å². The normalized spacial score (nSPS) is 7.33. The first-order chi connectivity index (χ1) is 3.63. The Morgan fingerprint density at radius 1 is 1.56 bits per heavy atom. The van der Waals surface area contributed by atoms with Gasteiger partial charge in [0.05, 0.1) is 0 Å². The van der Waals surface area contributed by atoms with Crippen molar-refractivity contribution in [3.8, 4) is 0 Å². The maximum absolute atomic E-state index is 9.94. The van der Waals surface area contributed by atoms with Crippen molar-refractivity contribution < 1.29 is 14.3 Å². The summed E-state index contributed by atoms with van der Waals surface area (Å²) in [6.07, 6.45) is 0. The minimum absolute atomic E-state index is 0. The zero-order chi connectivity index (χ0) is 6.57. The zero-order valence-electron chi connectivity index (χ0n) is 4.38. The molecule has 0 atom stereocenters. The molecular formula is C4H7NaO3S. The van der Waals surface area contributed by atoms with Crippen molar-refractivity contribution in [3.05, 3.63) is 0 Å². The van der Waals surface area contributed by atoms with Gasteiger partial charge in [-0.1, -0.05) is 0 Å². The van der Waals surface area contributed by atoms with Gasteiger partial charge in [-0.25, -0.2) is 0 Å². The van der Waals surface area contributed by atoms with Crippen molar-refractivity contribution in [3.63, 3.8) is 0 Å². The van der Waals surface area contributed by atoms with Gasteiger partial charge >= 0.3 is 35.5 Å². The van der Waals surface area contributed by atoms with Crippen LogP contribution in [0.1, 0.15) is 6.92 Å². The van der Waals surface area contributed by atoms with Crippen LogP contribution in [0.4, 0.5) is 0 Å². The molecule has 0 unspecified atom stereocenters. The van der Waals surface area contributed by atoms with Crippen molar-refractivity contribution in [2.75, 3.05) is 6.61 Å². The van der Waals surface area contributed by atoms with Crippen LogP contribution in [0.15, 0.2) is 0 Å². The summed E-state index contributed by atoms with van der Waals surface area (Å²) in [5.74, 6) is -0.465. The van der Waals surface area contributed by atoms with Crippen LogP contribution in [0, 0.1) is 0 Å². The van der Waals surface area contributed by atoms with Crippen LogP contribution < -0.4 is 0 Å². The zero-order valence-corrected chi connectivity index (χ0v) is 5.27. The van der Waals surface area contributed by atoms with Gasteiger partial charge in [0.15, 0.2) is 6.61 Å². The molecular weight excluding hydrogens is 151 g/mol. The Morgan fingerprint density at radius 2 is 2.00 bits per heavy atom. The molecule has 0 aromatic heterocycles. The van der Waals surface area contributed by atoms with Gasteiger partial charge in [0, 0.05) is 6.92 Å². The summed E-state index contributed by atoms with van der Waals surface area (Å²) in [6.45, 7) is 0.995. The predicted octanol–water partition coefficient (Wildman–Crippen LogP) is -0.643. The third-order valence-electron chi connectivity index (χ3n) is 0.399. The molecule has 0 fully saturated rings. The van der Waals surface area contributed by atoms with E-state index in [1.165, 1.54) is 6.92 Å². The Hall–Kier alpha value is 0.490. The third-order valence-corrected chi connectivity index (χ3v) is 0.528. The van der Waals surface area contributed by atoms with Gasteiger partial charge < -0.3 is 4.74 Å². The average Bonchev–Trinajstić information content (AvgIpc) is 1.61. The number of ether oxygens (including phenoxy) is 1. The summed E-state index contributed by atoms with van der Waals surface area (Å²) in [5.41, 5.74) is 0. The molecule has 0 saturated carbocycles. The van der Waals surface area contributed by atoms with Crippen molar-refractivity contribution in [2.24, 2.45) is 0 Å². The van der Waals surface area contributed by atoms with Crippen LogP contribution in [0.2, 0.25) is 0 Å². The Kier molecular flexibility index (Phi) is 8.95. The van der Waals surface area contributed by atoms with E-state index >= 15 is 0 Å².